The van der Waals surface area contributed by atoms with Crippen LogP contribution in [0.3, 0.4) is 0 Å². The molecule has 0 spiro atoms. The van der Waals surface area contributed by atoms with E-state index in [4.69, 9.17) is 10.5 Å². The van der Waals surface area contributed by atoms with Gasteiger partial charge in [-0.05, 0) is 18.0 Å². The molecule has 0 bridgehead atoms. The number of hydrogen-bond donors (Lipinski definition) is 4. The van der Waals surface area contributed by atoms with Gasteiger partial charge >= 0.3 is 0 Å². The number of methoxy groups -OCH3 is 1. The number of aliphatic hydroxyl groups excluding tert-OH is 1. The molecule has 0 radical (unpaired) electrons. The van der Waals surface area contributed by atoms with E-state index in [-0.39, 0.29) is 18.3 Å². The van der Waals surface area contributed by atoms with Crippen LogP contribution in [0.1, 0.15) is 16.8 Å². The predicted octanol–water partition coefficient (Wildman–Crippen LogP) is -0.106. The zero-order chi connectivity index (χ0) is 13.5. The summed E-state index contributed by atoms with van der Waals surface area (Å²) in [7, 11) is 3.07. The second-order valence-electron chi connectivity index (χ2n) is 3.68. The molecule has 0 aliphatic carbocycles. The lowest BCUT2D eigenvalue weighted by molar-refractivity contribution is 0.0615. The van der Waals surface area contributed by atoms with Gasteiger partial charge in [-0.1, -0.05) is 0 Å². The highest BCUT2D eigenvalue weighted by molar-refractivity contribution is 7.11. The number of aliphatic hydroxyl groups is 1. The van der Waals surface area contributed by atoms with Crippen LogP contribution in [0, 0.1) is 0 Å². The Morgan fingerprint density at radius 3 is 3.00 bits per heavy atom. The van der Waals surface area contributed by atoms with Crippen LogP contribution in [-0.4, -0.2) is 48.8 Å². The van der Waals surface area contributed by atoms with Gasteiger partial charge < -0.3 is 26.2 Å². The number of nitrogens with one attached hydrogen (secondary N) is 2. The first-order valence-electron chi connectivity index (χ1n) is 5.48. The number of aromatic nitrogens is 1. The van der Waals surface area contributed by atoms with Crippen LogP contribution in [0.25, 0.3) is 0 Å². The van der Waals surface area contributed by atoms with Gasteiger partial charge in [-0.3, -0.25) is 4.79 Å². The molecule has 1 atom stereocenters. The van der Waals surface area contributed by atoms with Gasteiger partial charge in [0, 0.05) is 20.7 Å². The van der Waals surface area contributed by atoms with Crippen molar-refractivity contribution in [2.45, 2.75) is 12.5 Å². The zero-order valence-electron chi connectivity index (χ0n) is 10.4. The van der Waals surface area contributed by atoms with E-state index in [0.29, 0.717) is 23.5 Å². The monoisotopic (exact) mass is 274 g/mol. The number of nitrogens with zero attached hydrogens (tertiary/aromatic N) is 1. The third kappa shape index (κ3) is 3.83. The van der Waals surface area contributed by atoms with Gasteiger partial charge in [0.05, 0.1) is 12.7 Å². The lowest BCUT2D eigenvalue weighted by atomic mass is 10.2. The van der Waals surface area contributed by atoms with Crippen LogP contribution in [0.5, 0.6) is 0 Å². The molecule has 18 heavy (non-hydrogen) atoms. The maximum Gasteiger partial charge on any atom is 0.257 e. The fourth-order valence-electron chi connectivity index (χ4n) is 1.40. The minimum Gasteiger partial charge on any atom is -0.391 e. The van der Waals surface area contributed by atoms with E-state index in [9.17, 15) is 9.90 Å². The third-order valence-corrected chi connectivity index (χ3v) is 3.11. The Morgan fingerprint density at radius 2 is 2.39 bits per heavy atom. The van der Waals surface area contributed by atoms with Gasteiger partial charge in [-0.15, -0.1) is 0 Å². The predicted molar refractivity (Wildman–Crippen MR) is 70.9 cm³/mol. The molecular formula is C10H18N4O3S. The molecular weight excluding hydrogens is 256 g/mol. The van der Waals surface area contributed by atoms with Crippen molar-refractivity contribution in [1.82, 2.24) is 9.69 Å². The summed E-state index contributed by atoms with van der Waals surface area (Å²) in [6.45, 7) is 0.797. The Bertz CT molecular complexity index is 396. The minimum absolute atomic E-state index is 0.208. The highest BCUT2D eigenvalue weighted by Gasteiger charge is 2.17. The van der Waals surface area contributed by atoms with Crippen molar-refractivity contribution in [3.8, 4) is 0 Å². The van der Waals surface area contributed by atoms with Crippen molar-refractivity contribution in [3.63, 3.8) is 0 Å². The largest absolute Gasteiger partial charge is 0.391 e. The van der Waals surface area contributed by atoms with Crippen LogP contribution in [-0.2, 0) is 4.74 Å². The van der Waals surface area contributed by atoms with Crippen molar-refractivity contribution in [3.05, 3.63) is 5.56 Å². The van der Waals surface area contributed by atoms with E-state index in [1.54, 1.807) is 0 Å². The molecule has 0 saturated carbocycles. The summed E-state index contributed by atoms with van der Waals surface area (Å²) in [5.41, 5.74) is 5.98. The topological polar surface area (TPSA) is 110 Å². The molecule has 0 aliphatic heterocycles. The lowest BCUT2D eigenvalue weighted by Gasteiger charge is -2.10. The number of ether oxygens (including phenoxy) is 1. The van der Waals surface area contributed by atoms with Gasteiger partial charge in [0.2, 0.25) is 0 Å². The third-order valence-electron chi connectivity index (χ3n) is 2.29. The first kappa shape index (κ1) is 14.7. The molecule has 0 aromatic carbocycles. The lowest BCUT2D eigenvalue weighted by Crippen LogP contribution is -2.21. The molecule has 7 nitrogen and oxygen atoms in total. The minimum atomic E-state index is -0.531. The van der Waals surface area contributed by atoms with Crippen molar-refractivity contribution >= 4 is 28.3 Å². The first-order chi connectivity index (χ1) is 8.60. The highest BCUT2D eigenvalue weighted by atomic mass is 32.1. The zero-order valence-corrected chi connectivity index (χ0v) is 11.2. The van der Waals surface area contributed by atoms with E-state index < -0.39 is 6.10 Å². The van der Waals surface area contributed by atoms with Crippen LogP contribution >= 0.6 is 11.5 Å². The number of nitrogen functional groups attached to an aromatic ring is 1. The van der Waals surface area contributed by atoms with Crippen LogP contribution < -0.4 is 16.4 Å². The summed E-state index contributed by atoms with van der Waals surface area (Å²) < 4.78 is 8.75. The molecule has 8 heteroatoms. The number of amides is 1. The molecule has 1 unspecified atom stereocenters. The molecule has 1 aromatic heterocycles. The summed E-state index contributed by atoms with van der Waals surface area (Å²) in [6.07, 6.45) is -0.0186. The maximum atomic E-state index is 11.6. The van der Waals surface area contributed by atoms with Crippen molar-refractivity contribution in [2.75, 3.05) is 38.4 Å². The Balaban J connectivity index is 2.55. The summed E-state index contributed by atoms with van der Waals surface area (Å²) in [4.78, 5) is 11.6. The van der Waals surface area contributed by atoms with E-state index in [1.807, 2.05) is 0 Å². The number of carbonyl (C=O) groups excluding carboxylic acids is 1. The summed E-state index contributed by atoms with van der Waals surface area (Å²) in [5.74, 6) is -0.0690. The summed E-state index contributed by atoms with van der Waals surface area (Å²) in [6, 6.07) is 0. The Labute approximate surface area is 109 Å². The summed E-state index contributed by atoms with van der Waals surface area (Å²) >= 11 is 1.13. The van der Waals surface area contributed by atoms with Gasteiger partial charge in [-0.2, -0.15) is 4.37 Å². The van der Waals surface area contributed by atoms with E-state index >= 15 is 0 Å². The summed E-state index contributed by atoms with van der Waals surface area (Å²) in [5, 5.41) is 15.6. The normalized spacial score (nSPS) is 12.2. The average Bonchev–Trinajstić information content (AvgIpc) is 2.70. The molecule has 0 fully saturated rings. The molecule has 1 amide bonds. The molecule has 1 aromatic rings. The van der Waals surface area contributed by atoms with Crippen molar-refractivity contribution in [2.24, 2.45) is 0 Å². The number of hydrogen-bond acceptors (Lipinski definition) is 7. The molecule has 0 aliphatic rings. The number of anilines is 2. The van der Waals surface area contributed by atoms with Gasteiger partial charge in [0.15, 0.2) is 5.82 Å². The fourth-order valence-corrected chi connectivity index (χ4v) is 2.13. The van der Waals surface area contributed by atoms with E-state index in [1.165, 1.54) is 14.2 Å². The maximum absolute atomic E-state index is 11.6. The average molecular weight is 274 g/mol. The number of carbonyl (C=O) groups is 1. The molecule has 1 heterocycles. The van der Waals surface area contributed by atoms with Gasteiger partial charge in [0.1, 0.15) is 10.6 Å². The molecule has 102 valence electrons. The van der Waals surface area contributed by atoms with Crippen LogP contribution in [0.4, 0.5) is 10.8 Å². The Hall–Kier alpha value is -1.38. The second-order valence-corrected chi connectivity index (χ2v) is 4.45. The van der Waals surface area contributed by atoms with Crippen molar-refractivity contribution < 1.29 is 14.6 Å². The van der Waals surface area contributed by atoms with E-state index in [2.05, 4.69) is 15.0 Å². The first-order valence-corrected chi connectivity index (χ1v) is 6.25. The Morgan fingerprint density at radius 1 is 1.67 bits per heavy atom. The Kier molecular flexibility index (Phi) is 5.83. The van der Waals surface area contributed by atoms with Crippen LogP contribution in [0.2, 0.25) is 0 Å². The smallest absolute Gasteiger partial charge is 0.257 e. The molecule has 5 N–H and O–H groups in total. The molecule has 0 saturated heterocycles. The van der Waals surface area contributed by atoms with Gasteiger partial charge in [-0.25, -0.2) is 0 Å². The van der Waals surface area contributed by atoms with Gasteiger partial charge in [0.25, 0.3) is 5.91 Å². The van der Waals surface area contributed by atoms with Crippen LogP contribution in [0.15, 0.2) is 0 Å². The van der Waals surface area contributed by atoms with Crippen molar-refractivity contribution in [1.29, 1.82) is 0 Å². The second kappa shape index (κ2) is 7.14. The number of nitrogens with two attached hydrogens (primary N) is 1. The quantitative estimate of drug-likeness (QED) is 0.552. The SMILES string of the molecule is CNC(=O)c1c(N)nsc1NCCC(O)COC. The van der Waals surface area contributed by atoms with E-state index in [0.717, 1.165) is 11.5 Å². The number of rotatable bonds is 7. The standard InChI is InChI=1S/C10H18N4O3S/c1-12-9(16)7-8(11)14-18-10(7)13-4-3-6(15)5-17-2/h6,13,15H,3-5H2,1-2H3,(H2,11,14)(H,12,16). The fraction of sp³-hybridized carbons (Fsp3) is 0.600. The highest BCUT2D eigenvalue weighted by Crippen LogP contribution is 2.26. The molecule has 1 rings (SSSR count).